The number of benzene rings is 1. The first kappa shape index (κ1) is 21.7. The summed E-state index contributed by atoms with van der Waals surface area (Å²) in [5, 5.41) is 0. The minimum Gasteiger partial charge on any atom is -0.462 e. The lowest BCUT2D eigenvalue weighted by atomic mass is 10.0. The first-order chi connectivity index (χ1) is 13.2. The Morgan fingerprint density at radius 1 is 1.21 bits per heavy atom. The number of esters is 1. The van der Waals surface area contributed by atoms with Gasteiger partial charge in [-0.05, 0) is 26.1 Å². The number of carbonyl (C=O) groups is 2. The second kappa shape index (κ2) is 9.09. The molecular weight excluding hydrogens is 375 g/mol. The Morgan fingerprint density at radius 3 is 2.46 bits per heavy atom. The van der Waals surface area contributed by atoms with Gasteiger partial charge in [0.25, 0.3) is 0 Å². The van der Waals surface area contributed by atoms with Crippen LogP contribution in [-0.4, -0.2) is 74.7 Å². The summed E-state index contributed by atoms with van der Waals surface area (Å²) in [6, 6.07) is 5.82. The van der Waals surface area contributed by atoms with Crippen LogP contribution in [0.3, 0.4) is 0 Å². The van der Waals surface area contributed by atoms with Crippen LogP contribution in [0.25, 0.3) is 0 Å². The highest BCUT2D eigenvalue weighted by Crippen LogP contribution is 2.32. The van der Waals surface area contributed by atoms with Crippen LogP contribution in [0.1, 0.15) is 17.3 Å². The van der Waals surface area contributed by atoms with E-state index in [0.717, 1.165) is 11.9 Å². The molecule has 9 heteroatoms. The van der Waals surface area contributed by atoms with Crippen molar-refractivity contribution in [1.82, 2.24) is 9.80 Å². The molecule has 0 N–H and O–H groups in total. The Bertz CT molecular complexity index is 757. The molecule has 0 aliphatic carbocycles. The molecule has 6 nitrogen and oxygen atoms in total. The van der Waals surface area contributed by atoms with Crippen LogP contribution in [0.4, 0.5) is 18.9 Å². The van der Waals surface area contributed by atoms with E-state index in [1.165, 1.54) is 35.4 Å². The number of likely N-dealkylation sites (N-methyl/N-ethyl adjacent to an activating group) is 1. The van der Waals surface area contributed by atoms with Gasteiger partial charge in [-0.15, -0.1) is 0 Å². The van der Waals surface area contributed by atoms with Gasteiger partial charge in [0.15, 0.2) is 6.30 Å². The SMILES string of the molecule is CCOC(=O)/C(=C\N(C)C)C(=O)c1ccccc1N1CC(F)N(C)C(F)C1F. The molecule has 1 aromatic rings. The number of Topliss-reactive ketones (excluding diaryl/α,β-unsaturated/α-hetero) is 1. The van der Waals surface area contributed by atoms with Crippen molar-refractivity contribution in [2.24, 2.45) is 0 Å². The molecule has 3 unspecified atom stereocenters. The lowest BCUT2D eigenvalue weighted by molar-refractivity contribution is -0.138. The van der Waals surface area contributed by atoms with Crippen molar-refractivity contribution >= 4 is 17.4 Å². The number of alkyl halides is 3. The topological polar surface area (TPSA) is 53.1 Å². The molecular formula is C19H24F3N3O3. The van der Waals surface area contributed by atoms with Crippen molar-refractivity contribution < 1.29 is 27.5 Å². The maximum atomic E-state index is 14.6. The standard InChI is InChI=1S/C19H24F3N3O3/c1-5-28-19(27)13(10-23(2)3)16(26)12-8-6-7-9-14(12)25-11-15(20)24(4)17(21)18(25)22/h6-10,15,17-18H,5,11H2,1-4H3/b13-10-. The highest BCUT2D eigenvalue weighted by atomic mass is 19.2. The van der Waals surface area contributed by atoms with E-state index in [2.05, 4.69) is 0 Å². The highest BCUT2D eigenvalue weighted by molar-refractivity contribution is 6.25. The maximum absolute atomic E-state index is 14.6. The lowest BCUT2D eigenvalue weighted by Gasteiger charge is -2.42. The molecule has 2 rings (SSSR count). The minimum absolute atomic E-state index is 0.00681. The van der Waals surface area contributed by atoms with Crippen LogP contribution in [0.5, 0.6) is 0 Å². The predicted octanol–water partition coefficient (Wildman–Crippen LogP) is 2.52. The molecule has 0 aromatic heterocycles. The van der Waals surface area contributed by atoms with Gasteiger partial charge in [0, 0.05) is 25.9 Å². The summed E-state index contributed by atoms with van der Waals surface area (Å²) < 4.78 is 47.8. The van der Waals surface area contributed by atoms with Crippen molar-refractivity contribution in [3.8, 4) is 0 Å². The number of carbonyl (C=O) groups excluding carboxylic acids is 2. The normalized spacial score (nSPS) is 23.5. The summed E-state index contributed by atoms with van der Waals surface area (Å²) in [4.78, 5) is 28.3. The summed E-state index contributed by atoms with van der Waals surface area (Å²) in [6.07, 6.45) is -4.83. The Morgan fingerprint density at radius 2 is 1.86 bits per heavy atom. The van der Waals surface area contributed by atoms with Gasteiger partial charge in [-0.3, -0.25) is 4.79 Å². The van der Waals surface area contributed by atoms with Crippen molar-refractivity contribution in [1.29, 1.82) is 0 Å². The lowest BCUT2D eigenvalue weighted by Crippen LogP contribution is -2.58. The zero-order valence-corrected chi connectivity index (χ0v) is 16.2. The largest absolute Gasteiger partial charge is 0.462 e. The van der Waals surface area contributed by atoms with Crippen LogP contribution >= 0.6 is 0 Å². The fourth-order valence-electron chi connectivity index (χ4n) is 2.85. The third-order valence-electron chi connectivity index (χ3n) is 4.29. The van der Waals surface area contributed by atoms with Crippen molar-refractivity contribution in [3.63, 3.8) is 0 Å². The summed E-state index contributed by atoms with van der Waals surface area (Å²) in [5.41, 5.74) is -0.306. The first-order valence-corrected chi connectivity index (χ1v) is 8.78. The monoisotopic (exact) mass is 399 g/mol. The number of anilines is 1. The summed E-state index contributed by atoms with van der Waals surface area (Å²) in [6.45, 7) is 1.20. The molecule has 154 valence electrons. The van der Waals surface area contributed by atoms with Gasteiger partial charge in [-0.25, -0.2) is 22.9 Å². The first-order valence-electron chi connectivity index (χ1n) is 8.78. The van der Waals surface area contributed by atoms with Crippen molar-refractivity contribution in [2.75, 3.05) is 39.2 Å². The van der Waals surface area contributed by atoms with Gasteiger partial charge in [-0.2, -0.15) is 0 Å². The fraction of sp³-hybridized carbons (Fsp3) is 0.474. The highest BCUT2D eigenvalue weighted by Gasteiger charge is 2.42. The second-order valence-corrected chi connectivity index (χ2v) is 6.57. The van der Waals surface area contributed by atoms with Crippen LogP contribution < -0.4 is 4.90 Å². The van der Waals surface area contributed by atoms with E-state index in [4.69, 9.17) is 4.74 Å². The van der Waals surface area contributed by atoms with Crippen LogP contribution in [-0.2, 0) is 9.53 Å². The number of ether oxygens (including phenoxy) is 1. The number of piperazine rings is 1. The Balaban J connectivity index is 2.47. The van der Waals surface area contributed by atoms with Gasteiger partial charge in [-0.1, -0.05) is 12.1 Å². The number of rotatable bonds is 6. The van der Waals surface area contributed by atoms with Crippen LogP contribution in [0.15, 0.2) is 36.0 Å². The number of ketones is 1. The minimum atomic E-state index is -2.20. The fourth-order valence-corrected chi connectivity index (χ4v) is 2.85. The number of para-hydroxylation sites is 1. The molecule has 1 aliphatic rings. The van der Waals surface area contributed by atoms with Gasteiger partial charge >= 0.3 is 5.97 Å². The molecule has 1 fully saturated rings. The molecule has 1 aromatic carbocycles. The molecule has 0 radical (unpaired) electrons. The number of halogens is 3. The van der Waals surface area contributed by atoms with Crippen molar-refractivity contribution in [2.45, 2.75) is 25.8 Å². The summed E-state index contributed by atoms with van der Waals surface area (Å²) in [7, 11) is 4.39. The molecule has 28 heavy (non-hydrogen) atoms. The molecule has 1 saturated heterocycles. The molecule has 0 amide bonds. The van der Waals surface area contributed by atoms with E-state index >= 15 is 0 Å². The Labute approximate surface area is 162 Å². The van der Waals surface area contributed by atoms with E-state index < -0.39 is 37.2 Å². The quantitative estimate of drug-likeness (QED) is 0.183. The average Bonchev–Trinajstić information content (AvgIpc) is 2.66. The molecule has 1 heterocycles. The van der Waals surface area contributed by atoms with Gasteiger partial charge in [0.1, 0.15) is 5.57 Å². The Kier molecular flexibility index (Phi) is 7.06. The summed E-state index contributed by atoms with van der Waals surface area (Å²) >= 11 is 0. The predicted molar refractivity (Wildman–Crippen MR) is 99.0 cm³/mol. The molecule has 0 bridgehead atoms. The summed E-state index contributed by atoms with van der Waals surface area (Å²) in [5.74, 6) is -1.56. The van der Waals surface area contributed by atoms with E-state index in [9.17, 15) is 22.8 Å². The zero-order valence-electron chi connectivity index (χ0n) is 16.2. The van der Waals surface area contributed by atoms with E-state index in [0.29, 0.717) is 4.90 Å². The zero-order chi connectivity index (χ0) is 21.0. The number of nitrogens with zero attached hydrogens (tertiary/aromatic N) is 3. The van der Waals surface area contributed by atoms with Gasteiger partial charge < -0.3 is 14.5 Å². The molecule has 3 atom stereocenters. The van der Waals surface area contributed by atoms with Gasteiger partial charge in [0.2, 0.25) is 18.4 Å². The third kappa shape index (κ3) is 4.46. The average molecular weight is 399 g/mol. The molecule has 1 aliphatic heterocycles. The van der Waals surface area contributed by atoms with Crippen LogP contribution in [0, 0.1) is 0 Å². The maximum Gasteiger partial charge on any atom is 0.343 e. The van der Waals surface area contributed by atoms with E-state index in [-0.39, 0.29) is 23.4 Å². The van der Waals surface area contributed by atoms with Gasteiger partial charge in [0.05, 0.1) is 18.8 Å². The third-order valence-corrected chi connectivity index (χ3v) is 4.29. The second-order valence-electron chi connectivity index (χ2n) is 6.57. The number of hydrogen-bond acceptors (Lipinski definition) is 6. The van der Waals surface area contributed by atoms with E-state index in [1.807, 2.05) is 0 Å². The van der Waals surface area contributed by atoms with Crippen molar-refractivity contribution in [3.05, 3.63) is 41.6 Å². The van der Waals surface area contributed by atoms with E-state index in [1.54, 1.807) is 21.0 Å². The molecule has 0 saturated carbocycles. The molecule has 0 spiro atoms. The Hall–Kier alpha value is -2.55. The smallest absolute Gasteiger partial charge is 0.343 e. The van der Waals surface area contributed by atoms with Crippen LogP contribution in [0.2, 0.25) is 0 Å². The number of hydrogen-bond donors (Lipinski definition) is 0.